The third-order valence-electron chi connectivity index (χ3n) is 3.98. The fraction of sp³-hybridized carbons (Fsp3) is 0.588. The van der Waals surface area contributed by atoms with Crippen LogP contribution in [0.3, 0.4) is 0 Å². The Bertz CT molecular complexity index is 498. The van der Waals surface area contributed by atoms with Crippen LogP contribution in [-0.4, -0.2) is 55.7 Å². The Hall–Kier alpha value is -0.630. The smallest absolute Gasteiger partial charge is 0.193 e. The Kier molecular flexibility index (Phi) is 9.78. The molecule has 1 atom stereocenters. The normalized spacial score (nSPS) is 18.3. The monoisotopic (exact) mass is 449 g/mol. The van der Waals surface area contributed by atoms with Gasteiger partial charge in [0.15, 0.2) is 5.96 Å². The Balaban J connectivity index is 0.00000264. The second-order valence-electron chi connectivity index (χ2n) is 5.38. The van der Waals surface area contributed by atoms with E-state index in [1.807, 2.05) is 19.2 Å². The first-order valence-electron chi connectivity index (χ1n) is 7.97. The quantitative estimate of drug-likeness (QED) is 0.426. The fourth-order valence-corrected chi connectivity index (χ4v) is 3.89. The van der Waals surface area contributed by atoms with E-state index in [1.54, 1.807) is 7.11 Å². The van der Waals surface area contributed by atoms with Crippen LogP contribution in [0, 0.1) is 0 Å². The van der Waals surface area contributed by atoms with Crippen LogP contribution < -0.4 is 10.1 Å². The molecule has 1 heterocycles. The van der Waals surface area contributed by atoms with Gasteiger partial charge < -0.3 is 15.0 Å². The van der Waals surface area contributed by atoms with E-state index in [2.05, 4.69) is 46.0 Å². The number of benzene rings is 1. The first-order valence-corrected chi connectivity index (χ1v) is 9.02. The molecular formula is C17H28IN3OS. The predicted molar refractivity (Wildman–Crippen MR) is 112 cm³/mol. The summed E-state index contributed by atoms with van der Waals surface area (Å²) in [5.41, 5.74) is 1.23. The van der Waals surface area contributed by atoms with E-state index in [-0.39, 0.29) is 24.0 Å². The van der Waals surface area contributed by atoms with Gasteiger partial charge in [0.05, 0.1) is 7.11 Å². The van der Waals surface area contributed by atoms with Gasteiger partial charge in [-0.3, -0.25) is 4.99 Å². The van der Waals surface area contributed by atoms with Gasteiger partial charge in [-0.25, -0.2) is 0 Å². The SMILES string of the molecule is CCC1CN(C(=NC)NCCc2ccccc2OC)CCS1.I. The van der Waals surface area contributed by atoms with Crippen molar-refractivity contribution >= 4 is 41.7 Å². The zero-order valence-corrected chi connectivity index (χ0v) is 17.4. The molecule has 6 heteroatoms. The van der Waals surface area contributed by atoms with Gasteiger partial charge in [-0.15, -0.1) is 24.0 Å². The van der Waals surface area contributed by atoms with Gasteiger partial charge >= 0.3 is 0 Å². The lowest BCUT2D eigenvalue weighted by Crippen LogP contribution is -2.48. The molecule has 1 saturated heterocycles. The molecule has 1 aromatic carbocycles. The van der Waals surface area contributed by atoms with Gasteiger partial charge in [0.1, 0.15) is 5.75 Å². The number of nitrogens with one attached hydrogen (secondary N) is 1. The van der Waals surface area contributed by atoms with Crippen molar-refractivity contribution in [3.63, 3.8) is 0 Å². The Morgan fingerprint density at radius 3 is 2.91 bits per heavy atom. The first-order chi connectivity index (χ1) is 10.8. The third-order valence-corrected chi connectivity index (χ3v) is 5.35. The summed E-state index contributed by atoms with van der Waals surface area (Å²) in [6.45, 7) is 5.30. The lowest BCUT2D eigenvalue weighted by Gasteiger charge is -2.34. The van der Waals surface area contributed by atoms with Crippen molar-refractivity contribution in [1.29, 1.82) is 0 Å². The number of halogens is 1. The number of thioether (sulfide) groups is 1. The lowest BCUT2D eigenvalue weighted by atomic mass is 10.1. The van der Waals surface area contributed by atoms with Crippen LogP contribution in [0.15, 0.2) is 29.3 Å². The molecule has 0 aromatic heterocycles. The maximum Gasteiger partial charge on any atom is 0.193 e. The third kappa shape index (κ3) is 6.06. The molecule has 1 aliphatic rings. The second-order valence-corrected chi connectivity index (χ2v) is 6.79. The molecular weight excluding hydrogens is 421 g/mol. The Morgan fingerprint density at radius 1 is 1.43 bits per heavy atom. The highest BCUT2D eigenvalue weighted by atomic mass is 127. The van der Waals surface area contributed by atoms with Gasteiger partial charge in [-0.1, -0.05) is 25.1 Å². The largest absolute Gasteiger partial charge is 0.496 e. The van der Waals surface area contributed by atoms with Crippen molar-refractivity contribution < 1.29 is 4.74 Å². The summed E-state index contributed by atoms with van der Waals surface area (Å²) in [6.07, 6.45) is 2.15. The topological polar surface area (TPSA) is 36.9 Å². The highest BCUT2D eigenvalue weighted by Crippen LogP contribution is 2.21. The average Bonchev–Trinajstić information content (AvgIpc) is 2.59. The lowest BCUT2D eigenvalue weighted by molar-refractivity contribution is 0.404. The van der Waals surface area contributed by atoms with Crippen LogP contribution in [0.25, 0.3) is 0 Å². The molecule has 23 heavy (non-hydrogen) atoms. The van der Waals surface area contributed by atoms with E-state index in [1.165, 1.54) is 17.7 Å². The molecule has 0 amide bonds. The second kappa shape index (κ2) is 11.0. The first kappa shape index (κ1) is 20.4. The summed E-state index contributed by atoms with van der Waals surface area (Å²) in [5.74, 6) is 3.17. The maximum absolute atomic E-state index is 5.40. The van der Waals surface area contributed by atoms with Gasteiger partial charge in [0.25, 0.3) is 0 Å². The summed E-state index contributed by atoms with van der Waals surface area (Å²) in [6, 6.07) is 8.19. The molecule has 0 bridgehead atoms. The number of methoxy groups -OCH3 is 1. The van der Waals surface area contributed by atoms with Crippen LogP contribution in [0.2, 0.25) is 0 Å². The summed E-state index contributed by atoms with van der Waals surface area (Å²) >= 11 is 2.08. The maximum atomic E-state index is 5.40. The molecule has 130 valence electrons. The van der Waals surface area contributed by atoms with E-state index in [0.717, 1.165) is 43.0 Å². The summed E-state index contributed by atoms with van der Waals surface area (Å²) in [7, 11) is 3.59. The summed E-state index contributed by atoms with van der Waals surface area (Å²) in [5, 5.41) is 4.22. The molecule has 2 rings (SSSR count). The van der Waals surface area contributed by atoms with Crippen LogP contribution in [0.5, 0.6) is 5.75 Å². The molecule has 1 aromatic rings. The standard InChI is InChI=1S/C17H27N3OS.HI/c1-4-15-13-20(11-12-22-15)17(18-2)19-10-9-14-7-5-6-8-16(14)21-3;/h5-8,15H,4,9-13H2,1-3H3,(H,18,19);1H. The molecule has 0 saturated carbocycles. The minimum atomic E-state index is 0. The number of para-hydroxylation sites is 1. The highest BCUT2D eigenvalue weighted by molar-refractivity contribution is 14.0. The van der Waals surface area contributed by atoms with E-state index >= 15 is 0 Å². The summed E-state index contributed by atoms with van der Waals surface area (Å²) < 4.78 is 5.40. The molecule has 1 aliphatic heterocycles. The van der Waals surface area contributed by atoms with Crippen molar-refractivity contribution in [3.05, 3.63) is 29.8 Å². The van der Waals surface area contributed by atoms with Crippen molar-refractivity contribution in [1.82, 2.24) is 10.2 Å². The highest BCUT2D eigenvalue weighted by Gasteiger charge is 2.21. The number of aliphatic imine (C=N–C) groups is 1. The van der Waals surface area contributed by atoms with Crippen molar-refractivity contribution in [2.75, 3.05) is 39.5 Å². The molecule has 0 aliphatic carbocycles. The van der Waals surface area contributed by atoms with Crippen molar-refractivity contribution in [2.45, 2.75) is 25.0 Å². The van der Waals surface area contributed by atoms with Gasteiger partial charge in [0, 0.05) is 37.7 Å². The number of hydrogen-bond donors (Lipinski definition) is 1. The van der Waals surface area contributed by atoms with Gasteiger partial charge in [-0.05, 0) is 24.5 Å². The number of nitrogens with zero attached hydrogens (tertiary/aromatic N) is 2. The predicted octanol–water partition coefficient (Wildman–Crippen LogP) is 3.26. The molecule has 0 radical (unpaired) electrons. The van der Waals surface area contributed by atoms with Crippen LogP contribution in [0.1, 0.15) is 18.9 Å². The van der Waals surface area contributed by atoms with Crippen molar-refractivity contribution in [2.24, 2.45) is 4.99 Å². The molecule has 4 nitrogen and oxygen atoms in total. The molecule has 1 fully saturated rings. The molecule has 0 spiro atoms. The Labute approximate surface area is 161 Å². The number of ether oxygens (including phenoxy) is 1. The number of hydrogen-bond acceptors (Lipinski definition) is 3. The minimum absolute atomic E-state index is 0. The van der Waals surface area contributed by atoms with E-state index in [4.69, 9.17) is 4.74 Å². The number of guanidine groups is 1. The van der Waals surface area contributed by atoms with Gasteiger partial charge in [-0.2, -0.15) is 11.8 Å². The van der Waals surface area contributed by atoms with Gasteiger partial charge in [0.2, 0.25) is 0 Å². The van der Waals surface area contributed by atoms with Crippen LogP contribution >= 0.6 is 35.7 Å². The van der Waals surface area contributed by atoms with E-state index in [0.29, 0.717) is 0 Å². The zero-order chi connectivity index (χ0) is 15.8. The Morgan fingerprint density at radius 2 is 2.22 bits per heavy atom. The van der Waals surface area contributed by atoms with Crippen LogP contribution in [0.4, 0.5) is 0 Å². The van der Waals surface area contributed by atoms with E-state index < -0.39 is 0 Å². The van der Waals surface area contributed by atoms with Crippen LogP contribution in [-0.2, 0) is 6.42 Å². The fourth-order valence-electron chi connectivity index (χ4n) is 2.71. The zero-order valence-electron chi connectivity index (χ0n) is 14.2. The molecule has 1 unspecified atom stereocenters. The minimum Gasteiger partial charge on any atom is -0.496 e. The van der Waals surface area contributed by atoms with Crippen molar-refractivity contribution in [3.8, 4) is 5.75 Å². The van der Waals surface area contributed by atoms with E-state index in [9.17, 15) is 0 Å². The summed E-state index contributed by atoms with van der Waals surface area (Å²) in [4.78, 5) is 6.83. The number of rotatable bonds is 5. The molecule has 1 N–H and O–H groups in total. The average molecular weight is 449 g/mol.